The Bertz CT molecular complexity index is 2650. The highest BCUT2D eigenvalue weighted by molar-refractivity contribution is 8.07. The number of benzene rings is 1. The first kappa shape index (κ1) is 61.1. The van der Waals surface area contributed by atoms with E-state index in [1.807, 2.05) is 22.7 Å². The van der Waals surface area contributed by atoms with E-state index in [1.165, 1.54) is 178 Å². The fourth-order valence-corrected chi connectivity index (χ4v) is 18.4. The van der Waals surface area contributed by atoms with Crippen LogP contribution in [-0.2, 0) is 36.9 Å². The molecule has 0 radical (unpaired) electrons. The molecule has 0 spiro atoms. The first-order chi connectivity index (χ1) is 35.6. The van der Waals surface area contributed by atoms with Gasteiger partial charge in [0, 0.05) is 86.9 Å². The van der Waals surface area contributed by atoms with Gasteiger partial charge in [-0.3, -0.25) is 4.79 Å². The third-order valence-electron chi connectivity index (χ3n) is 15.6. The van der Waals surface area contributed by atoms with Gasteiger partial charge in [0.2, 0.25) is 0 Å². The maximum atomic E-state index is 17.1. The molecule has 408 valence electrons. The summed E-state index contributed by atoms with van der Waals surface area (Å²) in [7, 11) is 0. The van der Waals surface area contributed by atoms with E-state index in [9.17, 15) is 4.79 Å². The molecule has 0 N–H and O–H groups in total. The molecule has 0 amide bonds. The van der Waals surface area contributed by atoms with Gasteiger partial charge in [-0.25, -0.2) is 4.39 Å². The molecule has 0 saturated heterocycles. The Balaban J connectivity index is 1.61. The molecule has 6 rings (SSSR count). The number of carbonyl (C=O) groups excluding carboxylic acids is 1. The number of halogens is 1. The summed E-state index contributed by atoms with van der Waals surface area (Å²) in [6, 6.07) is 10.4. The number of hydrogen-bond donors (Lipinski definition) is 0. The molecule has 0 fully saturated rings. The summed E-state index contributed by atoms with van der Waals surface area (Å²) in [6.45, 7) is 31.8. The lowest BCUT2D eigenvalue weighted by atomic mass is 9.88. The Hall–Kier alpha value is -2.07. The Morgan fingerprint density at radius 3 is 1.55 bits per heavy atom. The molecule has 0 aliphatic carbocycles. The molecule has 1 nitrogen and oxygen atoms in total. The van der Waals surface area contributed by atoms with E-state index in [2.05, 4.69) is 137 Å². The maximum absolute atomic E-state index is 17.1. The quantitative estimate of drug-likeness (QED) is 0.0302. The molecule has 74 heavy (non-hydrogen) atoms. The average molecular weight is 1120 g/mol. The lowest BCUT2D eigenvalue weighted by Gasteiger charge is -2.26. The van der Waals surface area contributed by atoms with Crippen molar-refractivity contribution in [3.05, 3.63) is 75.3 Å². The number of unbranched alkanes of at least 4 members (excludes halogenated alkanes) is 13. The first-order valence-electron chi connectivity index (χ1n) is 29.5. The van der Waals surface area contributed by atoms with Gasteiger partial charge in [-0.15, -0.1) is 68.4 Å². The highest BCUT2D eigenvalue weighted by Gasteiger charge is 2.31. The average Bonchev–Trinajstić information content (AvgIpc) is 4.22. The number of aryl methyl sites for hydroxylation is 4. The van der Waals surface area contributed by atoms with Gasteiger partial charge in [0.05, 0.1) is 0 Å². The molecule has 0 saturated carbocycles. The largest absolute Gasteiger partial charge is 0.293 e. The van der Waals surface area contributed by atoms with Crippen LogP contribution in [0.3, 0.4) is 0 Å². The van der Waals surface area contributed by atoms with Crippen molar-refractivity contribution in [3.8, 4) is 20.9 Å². The molecule has 6 aromatic rings. The number of carbonyl (C=O) groups is 1. The predicted molar refractivity (Wildman–Crippen MR) is 339 cm³/mol. The Morgan fingerprint density at radius 2 is 1.08 bits per heavy atom. The van der Waals surface area contributed by atoms with Crippen LogP contribution in [0.15, 0.2) is 24.3 Å². The van der Waals surface area contributed by atoms with E-state index in [1.54, 1.807) is 32.6 Å². The Morgan fingerprint density at radius 1 is 0.595 bits per heavy atom. The zero-order valence-corrected chi connectivity index (χ0v) is 53.1. The van der Waals surface area contributed by atoms with Crippen LogP contribution in [0.2, 0.25) is 0 Å². The van der Waals surface area contributed by atoms with Gasteiger partial charge in [-0.05, 0) is 117 Å². The number of thioether (sulfide) groups is 1. The van der Waals surface area contributed by atoms with E-state index in [4.69, 9.17) is 0 Å². The van der Waals surface area contributed by atoms with Crippen LogP contribution in [0, 0.1) is 17.2 Å². The zero-order valence-electron chi connectivity index (χ0n) is 48.2. The second-order valence-corrected chi connectivity index (χ2v) is 29.7. The molecule has 0 aliphatic heterocycles. The highest BCUT2D eigenvalue weighted by atomic mass is 32.2. The lowest BCUT2D eigenvalue weighted by Crippen LogP contribution is -2.29. The number of Topliss-reactive ketones (excluding diaryl/α,β-unsaturated/α-hetero) is 1. The van der Waals surface area contributed by atoms with E-state index in [0.29, 0.717) is 9.75 Å². The van der Waals surface area contributed by atoms with Gasteiger partial charge in [0.25, 0.3) is 0 Å². The first-order valence-corrected chi connectivity index (χ1v) is 34.6. The minimum absolute atomic E-state index is 0.0156. The molecule has 1 unspecified atom stereocenters. The Labute approximate surface area is 473 Å². The summed E-state index contributed by atoms with van der Waals surface area (Å²) < 4.78 is 20.7. The standard InChI is InChI=1S/C66H95FOS6/c1-14-21-26-30-35-46-39-53(72-51(46)37-32-28-23-16-3)57-49-41-48(43-69-64(66(12,13)20-7)56-44(8)70-63(59(56)67)60(68)45(19-6)34-25-18-5)71-61(49)58(50-42-55(65(9,10)11)74-62(50)57)54-40-47(36-31-27-22-15-2)52(73-54)38-33-29-24-17-4/h39-42,45H,8,14-38,43H2,1-7,9-13H3/b64-56+. The van der Waals surface area contributed by atoms with Gasteiger partial charge in [0.1, 0.15) is 4.88 Å². The number of fused-ring (bicyclic) bond motifs is 2. The van der Waals surface area contributed by atoms with Crippen molar-refractivity contribution in [2.45, 2.75) is 255 Å². The van der Waals surface area contributed by atoms with Crippen LogP contribution in [0.4, 0.5) is 4.39 Å². The van der Waals surface area contributed by atoms with Gasteiger partial charge < -0.3 is 0 Å². The molecule has 1 aromatic carbocycles. The van der Waals surface area contributed by atoms with Gasteiger partial charge in [0.15, 0.2) is 11.6 Å². The number of ketones is 1. The fourth-order valence-electron chi connectivity index (χ4n) is 10.6. The minimum atomic E-state index is -0.345. The van der Waals surface area contributed by atoms with E-state index < -0.39 is 0 Å². The lowest BCUT2D eigenvalue weighted by molar-refractivity contribution is 0.0908. The van der Waals surface area contributed by atoms with Gasteiger partial charge in [-0.2, -0.15) is 0 Å². The van der Waals surface area contributed by atoms with Crippen LogP contribution >= 0.6 is 68.4 Å². The maximum Gasteiger partial charge on any atom is 0.178 e. The van der Waals surface area contributed by atoms with E-state index in [0.717, 1.165) is 55.6 Å². The van der Waals surface area contributed by atoms with Crippen LogP contribution < -0.4 is 9.75 Å². The molecule has 8 heteroatoms. The molecule has 5 heterocycles. The molecular weight excluding hydrogens is 1020 g/mol. The smallest absolute Gasteiger partial charge is 0.178 e. The minimum Gasteiger partial charge on any atom is -0.293 e. The van der Waals surface area contributed by atoms with Crippen molar-refractivity contribution >= 4 is 106 Å². The number of thiophene rings is 5. The van der Waals surface area contributed by atoms with E-state index in [-0.39, 0.29) is 33.2 Å². The van der Waals surface area contributed by atoms with Crippen LogP contribution in [0.25, 0.3) is 52.5 Å². The third kappa shape index (κ3) is 15.2. The molecule has 0 bridgehead atoms. The molecule has 0 aliphatic rings. The summed E-state index contributed by atoms with van der Waals surface area (Å²) >= 11 is 11.3. The van der Waals surface area contributed by atoms with Crippen LogP contribution in [0.1, 0.15) is 258 Å². The summed E-state index contributed by atoms with van der Waals surface area (Å²) in [5, 5.41) is 3.38. The monoisotopic (exact) mass is 1110 g/mol. The second-order valence-electron chi connectivity index (χ2n) is 23.2. The van der Waals surface area contributed by atoms with Crippen LogP contribution in [-0.4, -0.2) is 5.78 Å². The van der Waals surface area contributed by atoms with Crippen molar-refractivity contribution in [3.63, 3.8) is 0 Å². The highest BCUT2D eigenvalue weighted by Crippen LogP contribution is 2.54. The third-order valence-corrected chi connectivity index (χ3v) is 23.6. The summed E-state index contributed by atoms with van der Waals surface area (Å²) in [5.74, 6) is 0.190. The van der Waals surface area contributed by atoms with Crippen molar-refractivity contribution in [2.75, 3.05) is 0 Å². The topological polar surface area (TPSA) is 17.1 Å². The zero-order chi connectivity index (χ0) is 53.6. The van der Waals surface area contributed by atoms with Crippen LogP contribution in [0.5, 0.6) is 0 Å². The van der Waals surface area contributed by atoms with E-state index >= 15 is 4.39 Å². The summed E-state index contributed by atoms with van der Waals surface area (Å²) in [5.41, 5.74) is 5.73. The van der Waals surface area contributed by atoms with Gasteiger partial charge in [-0.1, -0.05) is 180 Å². The van der Waals surface area contributed by atoms with Crippen molar-refractivity contribution in [1.82, 2.24) is 0 Å². The summed E-state index contributed by atoms with van der Waals surface area (Å²) in [6.07, 6.45) is 29.5. The SMILES string of the molecule is C=c1sc(C(=O)C(CC)CCCC)c(F)/c1=C(/SCc1cc2c(-c3cc(CCCCCC)c(CCCCCC)s3)c3sc(C(C)(C)C)cc3c(-c3cc(CCCCCC)c(CCCCCC)s3)c2s1)C(C)(C)CC. The molecular formula is C66H95FOS6. The summed E-state index contributed by atoms with van der Waals surface area (Å²) in [4.78, 5) is 24.2. The van der Waals surface area contributed by atoms with Gasteiger partial charge >= 0.3 is 0 Å². The molecule has 1 atom stereocenters. The second kappa shape index (κ2) is 29.2. The van der Waals surface area contributed by atoms with Crippen molar-refractivity contribution < 1.29 is 9.18 Å². The predicted octanol–water partition coefficient (Wildman–Crippen LogP) is 22.8. The number of rotatable bonds is 33. The van der Waals surface area contributed by atoms with Crippen molar-refractivity contribution in [2.24, 2.45) is 11.3 Å². The van der Waals surface area contributed by atoms with Crippen molar-refractivity contribution in [1.29, 1.82) is 0 Å². The number of hydrogen-bond acceptors (Lipinski definition) is 7. The Kier molecular flexibility index (Phi) is 24.2. The normalized spacial score (nSPS) is 13.3. The molecule has 5 aromatic heterocycles. The fraction of sp³-hybridized carbons (Fsp3) is 0.621.